The lowest BCUT2D eigenvalue weighted by Crippen LogP contribution is -2.17. The maximum absolute atomic E-state index is 5.40. The second-order valence-electron chi connectivity index (χ2n) is 4.75. The number of benzene rings is 1. The molecule has 0 aliphatic carbocycles. The molecule has 1 aliphatic heterocycles. The number of nitrogens with one attached hydrogen (secondary N) is 1. The van der Waals surface area contributed by atoms with E-state index in [1.54, 1.807) is 0 Å². The molecule has 0 atom stereocenters. The van der Waals surface area contributed by atoms with Gasteiger partial charge in [-0.1, -0.05) is 19.1 Å². The molecule has 2 nitrogen and oxygen atoms in total. The minimum absolute atomic E-state index is 0.734. The largest absolute Gasteiger partial charge is 0.381 e. The van der Waals surface area contributed by atoms with Gasteiger partial charge in [0.05, 0.1) is 0 Å². The maximum atomic E-state index is 5.40. The van der Waals surface area contributed by atoms with E-state index in [0.29, 0.717) is 0 Å². The molecule has 0 amide bonds. The minimum Gasteiger partial charge on any atom is -0.381 e. The molecule has 0 saturated carbocycles. The highest BCUT2D eigenvalue weighted by Crippen LogP contribution is 2.30. The Labute approximate surface area is 114 Å². The SMILES string of the molecule is CCCNCc1cccc(SC2CCOCC2)c1. The lowest BCUT2D eigenvalue weighted by molar-refractivity contribution is 0.100. The van der Waals surface area contributed by atoms with Crippen molar-refractivity contribution >= 4 is 11.8 Å². The lowest BCUT2D eigenvalue weighted by Gasteiger charge is -2.21. The third-order valence-corrected chi connectivity index (χ3v) is 4.46. The van der Waals surface area contributed by atoms with Crippen LogP contribution in [0.2, 0.25) is 0 Å². The monoisotopic (exact) mass is 265 g/mol. The Hall–Kier alpha value is -0.510. The first-order valence-electron chi connectivity index (χ1n) is 6.92. The fraction of sp³-hybridized carbons (Fsp3) is 0.600. The van der Waals surface area contributed by atoms with Crippen LogP contribution in [0.4, 0.5) is 0 Å². The van der Waals surface area contributed by atoms with Crippen molar-refractivity contribution in [2.45, 2.75) is 42.9 Å². The third kappa shape index (κ3) is 4.63. The molecule has 1 aromatic carbocycles. The third-order valence-electron chi connectivity index (χ3n) is 3.13. The van der Waals surface area contributed by atoms with Gasteiger partial charge >= 0.3 is 0 Å². The van der Waals surface area contributed by atoms with Crippen LogP contribution in [0, 0.1) is 0 Å². The summed E-state index contributed by atoms with van der Waals surface area (Å²) in [4.78, 5) is 1.40. The highest BCUT2D eigenvalue weighted by atomic mass is 32.2. The Morgan fingerprint density at radius 3 is 2.94 bits per heavy atom. The van der Waals surface area contributed by atoms with Crippen LogP contribution in [-0.2, 0) is 11.3 Å². The van der Waals surface area contributed by atoms with Crippen LogP contribution < -0.4 is 5.32 Å². The second-order valence-corrected chi connectivity index (χ2v) is 6.13. The van der Waals surface area contributed by atoms with Gasteiger partial charge in [0.2, 0.25) is 0 Å². The topological polar surface area (TPSA) is 21.3 Å². The Morgan fingerprint density at radius 2 is 2.17 bits per heavy atom. The molecule has 0 spiro atoms. The summed E-state index contributed by atoms with van der Waals surface area (Å²) in [6.45, 7) is 6.13. The van der Waals surface area contributed by atoms with Crippen LogP contribution in [0.3, 0.4) is 0 Å². The van der Waals surface area contributed by atoms with Crippen LogP contribution in [0.5, 0.6) is 0 Å². The van der Waals surface area contributed by atoms with Gasteiger partial charge in [0.1, 0.15) is 0 Å². The molecule has 0 unspecified atom stereocenters. The molecular weight excluding hydrogens is 242 g/mol. The zero-order chi connectivity index (χ0) is 12.6. The van der Waals surface area contributed by atoms with Crippen molar-refractivity contribution in [1.82, 2.24) is 5.32 Å². The molecule has 1 fully saturated rings. The molecule has 1 aromatic rings. The summed E-state index contributed by atoms with van der Waals surface area (Å²) in [5.74, 6) is 0. The highest BCUT2D eigenvalue weighted by molar-refractivity contribution is 8.00. The van der Waals surface area contributed by atoms with Crippen LogP contribution in [0.1, 0.15) is 31.7 Å². The highest BCUT2D eigenvalue weighted by Gasteiger charge is 2.14. The molecule has 1 heterocycles. The number of thioether (sulfide) groups is 1. The van der Waals surface area contributed by atoms with E-state index in [-0.39, 0.29) is 0 Å². The van der Waals surface area contributed by atoms with Gasteiger partial charge in [0, 0.05) is 29.9 Å². The second kappa shape index (κ2) is 7.82. The van der Waals surface area contributed by atoms with Crippen molar-refractivity contribution in [1.29, 1.82) is 0 Å². The Morgan fingerprint density at radius 1 is 1.33 bits per heavy atom. The van der Waals surface area contributed by atoms with Gasteiger partial charge in [0.25, 0.3) is 0 Å². The smallest absolute Gasteiger partial charge is 0.0476 e. The standard InChI is InChI=1S/C15H23NOS/c1-2-8-16-12-13-4-3-5-15(11-13)18-14-6-9-17-10-7-14/h3-5,11,14,16H,2,6-10,12H2,1H3. The van der Waals surface area contributed by atoms with Crippen molar-refractivity contribution in [3.05, 3.63) is 29.8 Å². The van der Waals surface area contributed by atoms with Crippen molar-refractivity contribution in [2.24, 2.45) is 0 Å². The molecule has 0 radical (unpaired) electrons. The first-order valence-corrected chi connectivity index (χ1v) is 7.80. The predicted molar refractivity (Wildman–Crippen MR) is 78.1 cm³/mol. The molecule has 1 saturated heterocycles. The van der Waals surface area contributed by atoms with Crippen LogP contribution in [0.25, 0.3) is 0 Å². The Kier molecular flexibility index (Phi) is 6.05. The molecule has 1 N–H and O–H groups in total. The number of hydrogen-bond acceptors (Lipinski definition) is 3. The maximum Gasteiger partial charge on any atom is 0.0476 e. The summed E-state index contributed by atoms with van der Waals surface area (Å²) in [7, 11) is 0. The molecule has 3 heteroatoms. The Balaban J connectivity index is 1.85. The molecule has 100 valence electrons. The average Bonchev–Trinajstić information content (AvgIpc) is 2.41. The minimum atomic E-state index is 0.734. The number of rotatable bonds is 6. The van der Waals surface area contributed by atoms with Gasteiger partial charge in [-0.15, -0.1) is 11.8 Å². The van der Waals surface area contributed by atoms with E-state index in [9.17, 15) is 0 Å². The number of ether oxygens (including phenoxy) is 1. The molecular formula is C15H23NOS. The van der Waals surface area contributed by atoms with Crippen molar-refractivity contribution in [2.75, 3.05) is 19.8 Å². The first kappa shape index (κ1) is 13.9. The van der Waals surface area contributed by atoms with Gasteiger partial charge < -0.3 is 10.1 Å². The van der Waals surface area contributed by atoms with E-state index in [0.717, 1.165) is 31.6 Å². The van der Waals surface area contributed by atoms with E-state index >= 15 is 0 Å². The van der Waals surface area contributed by atoms with Gasteiger partial charge in [-0.25, -0.2) is 0 Å². The van der Waals surface area contributed by atoms with Crippen LogP contribution in [-0.4, -0.2) is 25.0 Å². The molecule has 2 rings (SSSR count). The number of hydrogen-bond donors (Lipinski definition) is 1. The van der Waals surface area contributed by atoms with E-state index in [1.165, 1.54) is 29.7 Å². The summed E-state index contributed by atoms with van der Waals surface area (Å²) in [6.07, 6.45) is 3.56. The molecule has 1 aliphatic rings. The van der Waals surface area contributed by atoms with E-state index < -0.39 is 0 Å². The van der Waals surface area contributed by atoms with E-state index in [4.69, 9.17) is 4.74 Å². The van der Waals surface area contributed by atoms with E-state index in [2.05, 4.69) is 36.5 Å². The molecule has 18 heavy (non-hydrogen) atoms. The zero-order valence-electron chi connectivity index (χ0n) is 11.2. The molecule has 0 aromatic heterocycles. The first-order chi connectivity index (χ1) is 8.88. The van der Waals surface area contributed by atoms with Gasteiger partial charge in [0.15, 0.2) is 0 Å². The van der Waals surface area contributed by atoms with E-state index in [1.807, 2.05) is 11.8 Å². The van der Waals surface area contributed by atoms with Crippen molar-refractivity contribution < 1.29 is 4.74 Å². The van der Waals surface area contributed by atoms with Gasteiger partial charge in [-0.05, 0) is 43.5 Å². The van der Waals surface area contributed by atoms with Crippen molar-refractivity contribution in [3.63, 3.8) is 0 Å². The quantitative estimate of drug-likeness (QED) is 0.796. The summed E-state index contributed by atoms with van der Waals surface area (Å²) >= 11 is 2.01. The van der Waals surface area contributed by atoms with Crippen LogP contribution in [0.15, 0.2) is 29.2 Å². The lowest BCUT2D eigenvalue weighted by atomic mass is 10.2. The summed E-state index contributed by atoms with van der Waals surface area (Å²) < 4.78 is 5.40. The average molecular weight is 265 g/mol. The summed E-state index contributed by atoms with van der Waals surface area (Å²) in [6, 6.07) is 8.92. The Bertz CT molecular complexity index is 350. The molecule has 0 bridgehead atoms. The summed E-state index contributed by atoms with van der Waals surface area (Å²) in [5.41, 5.74) is 1.39. The summed E-state index contributed by atoms with van der Waals surface area (Å²) in [5, 5.41) is 4.19. The fourth-order valence-corrected chi connectivity index (χ4v) is 3.31. The zero-order valence-corrected chi connectivity index (χ0v) is 12.0. The van der Waals surface area contributed by atoms with Crippen molar-refractivity contribution in [3.8, 4) is 0 Å². The van der Waals surface area contributed by atoms with Crippen LogP contribution >= 0.6 is 11.8 Å². The fourth-order valence-electron chi connectivity index (χ4n) is 2.12. The van der Waals surface area contributed by atoms with Gasteiger partial charge in [-0.2, -0.15) is 0 Å². The van der Waals surface area contributed by atoms with Gasteiger partial charge in [-0.3, -0.25) is 0 Å². The predicted octanol–water partition coefficient (Wildman–Crippen LogP) is 3.46. The normalized spacial score (nSPS) is 16.9.